The Hall–Kier alpha value is -2.10. The Morgan fingerprint density at radius 2 is 1.81 bits per heavy atom. The molecule has 0 aliphatic carbocycles. The largest absolute Gasteiger partial charge is 0.369 e. The highest BCUT2D eigenvalue weighted by atomic mass is 15.1. The number of aryl methyl sites for hydroxylation is 1. The molecule has 0 amide bonds. The van der Waals surface area contributed by atoms with Crippen LogP contribution in [0.25, 0.3) is 0 Å². The van der Waals surface area contributed by atoms with Crippen molar-refractivity contribution in [3.05, 3.63) is 47.9 Å². The molecular weight excluding hydrogens is 260 g/mol. The predicted octanol–water partition coefficient (Wildman–Crippen LogP) is 3.50. The first-order chi connectivity index (χ1) is 10.2. The molecule has 1 N–H and O–H groups in total. The Balaban J connectivity index is 1.96. The molecule has 0 aliphatic heterocycles. The van der Waals surface area contributed by atoms with Gasteiger partial charge in [-0.3, -0.25) is 4.98 Å². The van der Waals surface area contributed by atoms with E-state index in [-0.39, 0.29) is 0 Å². The van der Waals surface area contributed by atoms with Gasteiger partial charge in [0, 0.05) is 19.3 Å². The fraction of sp³-hybridized carbons (Fsp3) is 0.412. The zero-order valence-corrected chi connectivity index (χ0v) is 13.1. The van der Waals surface area contributed by atoms with Gasteiger partial charge in [-0.1, -0.05) is 26.0 Å². The molecule has 4 heteroatoms. The van der Waals surface area contributed by atoms with Crippen LogP contribution < -0.4 is 10.2 Å². The van der Waals surface area contributed by atoms with Crippen molar-refractivity contribution < 1.29 is 0 Å². The van der Waals surface area contributed by atoms with Crippen LogP contribution in [-0.4, -0.2) is 23.6 Å². The Morgan fingerprint density at radius 1 is 1.05 bits per heavy atom. The summed E-state index contributed by atoms with van der Waals surface area (Å²) in [7, 11) is 2.08. The van der Waals surface area contributed by atoms with E-state index in [1.54, 1.807) is 6.20 Å². The summed E-state index contributed by atoms with van der Waals surface area (Å²) in [6, 6.07) is 8.66. The van der Waals surface area contributed by atoms with Crippen LogP contribution in [-0.2, 0) is 13.0 Å². The molecule has 2 rings (SSSR count). The predicted molar refractivity (Wildman–Crippen MR) is 88.7 cm³/mol. The number of benzene rings is 1. The van der Waals surface area contributed by atoms with Crippen LogP contribution in [0.2, 0.25) is 0 Å². The summed E-state index contributed by atoms with van der Waals surface area (Å²) in [5.41, 5.74) is 3.53. The molecule has 0 fully saturated rings. The number of nitrogens with one attached hydrogen (secondary N) is 1. The topological polar surface area (TPSA) is 41.1 Å². The molecule has 0 bridgehead atoms. The van der Waals surface area contributed by atoms with Crippen LogP contribution in [0.4, 0.5) is 11.5 Å². The Labute approximate surface area is 127 Å². The highest BCUT2D eigenvalue weighted by molar-refractivity contribution is 5.47. The lowest BCUT2D eigenvalue weighted by Gasteiger charge is -2.19. The first kappa shape index (κ1) is 15.3. The first-order valence-electron chi connectivity index (χ1n) is 7.57. The van der Waals surface area contributed by atoms with E-state index in [4.69, 9.17) is 0 Å². The second-order valence-corrected chi connectivity index (χ2v) is 5.20. The lowest BCUT2D eigenvalue weighted by atomic mass is 10.1. The summed E-state index contributed by atoms with van der Waals surface area (Å²) in [4.78, 5) is 11.0. The number of anilines is 2. The quantitative estimate of drug-likeness (QED) is 0.845. The molecule has 112 valence electrons. The average Bonchev–Trinajstić information content (AvgIpc) is 2.54. The fourth-order valence-electron chi connectivity index (χ4n) is 2.10. The third-order valence-corrected chi connectivity index (χ3v) is 3.45. The van der Waals surface area contributed by atoms with E-state index in [0.717, 1.165) is 37.4 Å². The number of hydrogen-bond donors (Lipinski definition) is 1. The van der Waals surface area contributed by atoms with Gasteiger partial charge < -0.3 is 10.2 Å². The Kier molecular flexibility index (Phi) is 5.55. The van der Waals surface area contributed by atoms with E-state index in [9.17, 15) is 0 Å². The van der Waals surface area contributed by atoms with Crippen molar-refractivity contribution in [2.75, 3.05) is 23.8 Å². The summed E-state index contributed by atoms with van der Waals surface area (Å²) in [5.74, 6) is 0.843. The molecule has 0 saturated heterocycles. The van der Waals surface area contributed by atoms with Gasteiger partial charge in [-0.25, -0.2) is 4.98 Å². The van der Waals surface area contributed by atoms with Gasteiger partial charge in [0.2, 0.25) is 0 Å². The molecule has 0 unspecified atom stereocenters. The van der Waals surface area contributed by atoms with Crippen LogP contribution in [0.3, 0.4) is 0 Å². The van der Waals surface area contributed by atoms with Crippen molar-refractivity contribution in [1.82, 2.24) is 9.97 Å². The van der Waals surface area contributed by atoms with Crippen molar-refractivity contribution >= 4 is 11.5 Å². The molecule has 4 nitrogen and oxygen atoms in total. The standard InChI is InChI=1S/C17H24N4/c1-4-10-18-17-12-19-15(11-20-17)13-21(3)16-8-6-14(5-2)7-9-16/h6-9,11-12H,4-5,10,13H2,1-3H3,(H,18,20). The average molecular weight is 284 g/mol. The van der Waals surface area contributed by atoms with Gasteiger partial charge in [-0.15, -0.1) is 0 Å². The molecule has 1 aromatic carbocycles. The van der Waals surface area contributed by atoms with Crippen LogP contribution in [0.1, 0.15) is 31.5 Å². The highest BCUT2D eigenvalue weighted by Gasteiger charge is 2.04. The van der Waals surface area contributed by atoms with Crippen LogP contribution in [0.15, 0.2) is 36.7 Å². The highest BCUT2D eigenvalue weighted by Crippen LogP contribution is 2.16. The van der Waals surface area contributed by atoms with Gasteiger partial charge in [0.15, 0.2) is 0 Å². The maximum absolute atomic E-state index is 4.46. The zero-order chi connectivity index (χ0) is 15.1. The van der Waals surface area contributed by atoms with E-state index in [1.165, 1.54) is 11.3 Å². The van der Waals surface area contributed by atoms with Crippen molar-refractivity contribution in [2.24, 2.45) is 0 Å². The Morgan fingerprint density at radius 3 is 2.38 bits per heavy atom. The summed E-state index contributed by atoms with van der Waals surface area (Å²) >= 11 is 0. The summed E-state index contributed by atoms with van der Waals surface area (Å²) < 4.78 is 0. The minimum absolute atomic E-state index is 0.756. The molecule has 2 aromatic rings. The third kappa shape index (κ3) is 4.45. The minimum Gasteiger partial charge on any atom is -0.369 e. The molecular formula is C17H24N4. The van der Waals surface area contributed by atoms with Gasteiger partial charge in [-0.05, 0) is 30.5 Å². The SMILES string of the molecule is CCCNc1cnc(CN(C)c2ccc(CC)cc2)cn1. The normalized spacial score (nSPS) is 10.4. The maximum Gasteiger partial charge on any atom is 0.144 e. The van der Waals surface area contributed by atoms with Crippen molar-refractivity contribution in [1.29, 1.82) is 0 Å². The summed E-state index contributed by atoms with van der Waals surface area (Å²) in [6.45, 7) is 5.99. The molecule has 21 heavy (non-hydrogen) atoms. The number of rotatable bonds is 7. The summed E-state index contributed by atoms with van der Waals surface area (Å²) in [5, 5.41) is 3.23. The van der Waals surface area contributed by atoms with Crippen molar-refractivity contribution in [3.8, 4) is 0 Å². The monoisotopic (exact) mass is 284 g/mol. The van der Waals surface area contributed by atoms with Crippen LogP contribution >= 0.6 is 0 Å². The molecule has 0 spiro atoms. The number of nitrogens with zero attached hydrogens (tertiary/aromatic N) is 3. The second kappa shape index (κ2) is 7.62. The van der Waals surface area contributed by atoms with Crippen LogP contribution in [0.5, 0.6) is 0 Å². The van der Waals surface area contributed by atoms with Crippen molar-refractivity contribution in [2.45, 2.75) is 33.2 Å². The van der Waals surface area contributed by atoms with Gasteiger partial charge in [0.05, 0.1) is 24.6 Å². The van der Waals surface area contributed by atoms with Crippen molar-refractivity contribution in [3.63, 3.8) is 0 Å². The summed E-state index contributed by atoms with van der Waals surface area (Å²) in [6.07, 6.45) is 5.80. The molecule has 0 aliphatic rings. The van der Waals surface area contributed by atoms with Gasteiger partial charge in [-0.2, -0.15) is 0 Å². The van der Waals surface area contributed by atoms with Gasteiger partial charge >= 0.3 is 0 Å². The third-order valence-electron chi connectivity index (χ3n) is 3.45. The molecule has 0 saturated carbocycles. The van der Waals surface area contributed by atoms with Gasteiger partial charge in [0.25, 0.3) is 0 Å². The van der Waals surface area contributed by atoms with E-state index >= 15 is 0 Å². The van der Waals surface area contributed by atoms with Crippen LogP contribution in [0, 0.1) is 0 Å². The molecule has 0 radical (unpaired) electrons. The number of aromatic nitrogens is 2. The van der Waals surface area contributed by atoms with Gasteiger partial charge in [0.1, 0.15) is 5.82 Å². The Bertz CT molecular complexity index is 534. The van der Waals surface area contributed by atoms with E-state index in [1.807, 2.05) is 6.20 Å². The smallest absolute Gasteiger partial charge is 0.144 e. The fourth-order valence-corrected chi connectivity index (χ4v) is 2.10. The lowest BCUT2D eigenvalue weighted by molar-refractivity contribution is 0.870. The number of hydrogen-bond acceptors (Lipinski definition) is 4. The van der Waals surface area contributed by atoms with E-state index < -0.39 is 0 Å². The van der Waals surface area contributed by atoms with E-state index in [2.05, 4.69) is 65.3 Å². The zero-order valence-electron chi connectivity index (χ0n) is 13.1. The second-order valence-electron chi connectivity index (χ2n) is 5.20. The van der Waals surface area contributed by atoms with E-state index in [0.29, 0.717) is 0 Å². The molecule has 0 atom stereocenters. The lowest BCUT2D eigenvalue weighted by Crippen LogP contribution is -2.17. The molecule has 1 aromatic heterocycles. The maximum atomic E-state index is 4.46. The minimum atomic E-state index is 0.756. The first-order valence-corrected chi connectivity index (χ1v) is 7.57. The molecule has 1 heterocycles.